The van der Waals surface area contributed by atoms with Crippen molar-refractivity contribution >= 4 is 21.9 Å². The average molecular weight is 317 g/mol. The molecule has 0 aliphatic rings. The molecule has 0 aliphatic heterocycles. The van der Waals surface area contributed by atoms with Gasteiger partial charge in [0, 0.05) is 5.33 Å². The van der Waals surface area contributed by atoms with Crippen LogP contribution in [0.2, 0.25) is 0 Å². The van der Waals surface area contributed by atoms with Crippen LogP contribution in [0, 0.1) is 0 Å². The Morgan fingerprint density at radius 2 is 2.17 bits per heavy atom. The molecule has 2 N–H and O–H groups in total. The van der Waals surface area contributed by atoms with Crippen LogP contribution in [0.1, 0.15) is 23.7 Å². The second-order valence-electron chi connectivity index (χ2n) is 3.99. The van der Waals surface area contributed by atoms with Gasteiger partial charge in [-0.25, -0.2) is 0 Å². The highest BCUT2D eigenvalue weighted by atomic mass is 79.9. The number of esters is 1. The predicted octanol–water partition coefficient (Wildman–Crippen LogP) is 1.58. The maximum atomic E-state index is 11.2. The van der Waals surface area contributed by atoms with Crippen molar-refractivity contribution in [2.45, 2.75) is 25.0 Å². The molecule has 4 nitrogen and oxygen atoms in total. The number of benzene rings is 1. The molecular formula is C13H17BrO4. The van der Waals surface area contributed by atoms with Gasteiger partial charge in [-0.2, -0.15) is 0 Å². The van der Waals surface area contributed by atoms with E-state index in [4.69, 9.17) is 0 Å². The van der Waals surface area contributed by atoms with Gasteiger partial charge in [-0.05, 0) is 17.5 Å². The summed E-state index contributed by atoms with van der Waals surface area (Å²) in [5.41, 5.74) is 1.36. The lowest BCUT2D eigenvalue weighted by Gasteiger charge is -2.17. The van der Waals surface area contributed by atoms with Crippen molar-refractivity contribution in [3.8, 4) is 0 Å². The normalized spacial score (nSPS) is 14.0. The van der Waals surface area contributed by atoms with Crippen molar-refractivity contribution in [2.75, 3.05) is 12.4 Å². The highest BCUT2D eigenvalue weighted by Gasteiger charge is 2.18. The molecule has 0 radical (unpaired) electrons. The minimum Gasteiger partial charge on any atom is -0.469 e. The highest BCUT2D eigenvalue weighted by molar-refractivity contribution is 9.09. The maximum Gasteiger partial charge on any atom is 0.309 e. The van der Waals surface area contributed by atoms with Crippen LogP contribution in [0.3, 0.4) is 0 Å². The number of carbonyl (C=O) groups excluding carboxylic acids is 1. The molecule has 100 valence electrons. The van der Waals surface area contributed by atoms with E-state index >= 15 is 0 Å². The Balaban J connectivity index is 2.77. The fourth-order valence-electron chi connectivity index (χ4n) is 1.62. The molecule has 0 aromatic heterocycles. The van der Waals surface area contributed by atoms with Gasteiger partial charge in [0.15, 0.2) is 0 Å². The van der Waals surface area contributed by atoms with Gasteiger partial charge >= 0.3 is 5.97 Å². The third-order valence-corrected chi connectivity index (χ3v) is 3.10. The minimum atomic E-state index is -0.944. The topological polar surface area (TPSA) is 66.8 Å². The number of aliphatic hydroxyl groups is 2. The molecule has 2 unspecified atom stereocenters. The molecule has 0 saturated carbocycles. The van der Waals surface area contributed by atoms with Crippen LogP contribution in [0.25, 0.3) is 0 Å². The Kier molecular flexibility index (Phi) is 6.32. The van der Waals surface area contributed by atoms with Crippen LogP contribution >= 0.6 is 15.9 Å². The van der Waals surface area contributed by atoms with Gasteiger partial charge in [0.05, 0.1) is 19.6 Å². The van der Waals surface area contributed by atoms with E-state index in [0.29, 0.717) is 17.3 Å². The lowest BCUT2D eigenvalue weighted by atomic mass is 9.99. The fourth-order valence-corrected chi connectivity index (χ4v) is 2.09. The van der Waals surface area contributed by atoms with Crippen molar-refractivity contribution in [1.29, 1.82) is 0 Å². The molecule has 0 spiro atoms. The number of hydrogen-bond acceptors (Lipinski definition) is 4. The van der Waals surface area contributed by atoms with Gasteiger partial charge in [-0.15, -0.1) is 0 Å². The zero-order valence-electron chi connectivity index (χ0n) is 10.2. The summed E-state index contributed by atoms with van der Waals surface area (Å²) < 4.78 is 4.58. The average Bonchev–Trinajstić information content (AvgIpc) is 2.38. The van der Waals surface area contributed by atoms with Crippen molar-refractivity contribution in [1.82, 2.24) is 0 Å². The van der Waals surface area contributed by atoms with Crippen molar-refractivity contribution in [3.05, 3.63) is 35.4 Å². The summed E-state index contributed by atoms with van der Waals surface area (Å²) in [4.78, 5) is 11.2. The van der Waals surface area contributed by atoms with Crippen LogP contribution in [0.4, 0.5) is 0 Å². The van der Waals surface area contributed by atoms with E-state index in [0.717, 1.165) is 5.56 Å². The number of ether oxygens (including phenoxy) is 1. The van der Waals surface area contributed by atoms with Gasteiger partial charge in [-0.3, -0.25) is 4.79 Å². The number of rotatable bonds is 6. The molecule has 0 bridgehead atoms. The first-order valence-electron chi connectivity index (χ1n) is 5.66. The predicted molar refractivity (Wildman–Crippen MR) is 71.5 cm³/mol. The molecule has 0 aliphatic carbocycles. The second-order valence-corrected chi connectivity index (χ2v) is 4.78. The van der Waals surface area contributed by atoms with Gasteiger partial charge in [0.2, 0.25) is 0 Å². The van der Waals surface area contributed by atoms with Crippen molar-refractivity contribution in [3.63, 3.8) is 0 Å². The molecule has 2 atom stereocenters. The number of hydrogen-bond donors (Lipinski definition) is 2. The molecule has 1 aromatic carbocycles. The number of methoxy groups -OCH3 is 1. The molecule has 0 saturated heterocycles. The van der Waals surface area contributed by atoms with E-state index in [-0.39, 0.29) is 12.4 Å². The van der Waals surface area contributed by atoms with Crippen LogP contribution < -0.4 is 0 Å². The van der Waals surface area contributed by atoms with Crippen LogP contribution in [-0.2, 0) is 16.0 Å². The summed E-state index contributed by atoms with van der Waals surface area (Å²) in [5.74, 6) is -0.331. The van der Waals surface area contributed by atoms with E-state index in [1.54, 1.807) is 24.3 Å². The monoisotopic (exact) mass is 316 g/mol. The molecule has 0 fully saturated rings. The summed E-state index contributed by atoms with van der Waals surface area (Å²) in [7, 11) is 1.33. The Bertz CT molecular complexity index is 394. The number of carbonyl (C=O) groups is 1. The number of halogens is 1. The summed E-state index contributed by atoms with van der Waals surface area (Å²) in [6, 6.07) is 6.96. The third kappa shape index (κ3) is 4.40. The Morgan fingerprint density at radius 1 is 1.44 bits per heavy atom. The largest absolute Gasteiger partial charge is 0.469 e. The van der Waals surface area contributed by atoms with Crippen molar-refractivity contribution in [2.24, 2.45) is 0 Å². The first-order chi connectivity index (χ1) is 8.58. The van der Waals surface area contributed by atoms with Crippen LogP contribution in [-0.4, -0.2) is 34.7 Å². The van der Waals surface area contributed by atoms with Gasteiger partial charge in [0.1, 0.15) is 6.10 Å². The summed E-state index contributed by atoms with van der Waals surface area (Å²) in [6.07, 6.45) is -1.15. The van der Waals surface area contributed by atoms with Gasteiger partial charge < -0.3 is 14.9 Å². The van der Waals surface area contributed by atoms with E-state index in [2.05, 4.69) is 20.7 Å². The summed E-state index contributed by atoms with van der Waals surface area (Å²) >= 11 is 3.22. The first kappa shape index (κ1) is 15.1. The van der Waals surface area contributed by atoms with E-state index in [1.165, 1.54) is 7.11 Å². The maximum absolute atomic E-state index is 11.2. The zero-order chi connectivity index (χ0) is 13.5. The lowest BCUT2D eigenvalue weighted by molar-refractivity contribution is -0.139. The molecule has 1 rings (SSSR count). The van der Waals surface area contributed by atoms with Crippen LogP contribution in [0.5, 0.6) is 0 Å². The number of alkyl halides is 1. The molecule has 1 aromatic rings. The van der Waals surface area contributed by atoms with Gasteiger partial charge in [0.25, 0.3) is 0 Å². The molecule has 18 heavy (non-hydrogen) atoms. The molecule has 5 heteroatoms. The van der Waals surface area contributed by atoms with Crippen LogP contribution in [0.15, 0.2) is 24.3 Å². The standard InChI is InChI=1S/C13H17BrO4/c1-18-12(16)8-9-3-2-4-10(7-9)13(17)11(15)5-6-14/h2-4,7,11,13,15,17H,5-6,8H2,1H3. The molecule has 0 heterocycles. The van der Waals surface area contributed by atoms with Crippen molar-refractivity contribution < 1.29 is 19.7 Å². The third-order valence-electron chi connectivity index (χ3n) is 2.64. The smallest absolute Gasteiger partial charge is 0.309 e. The second kappa shape index (κ2) is 7.51. The highest BCUT2D eigenvalue weighted by Crippen LogP contribution is 2.20. The molecular weight excluding hydrogens is 300 g/mol. The SMILES string of the molecule is COC(=O)Cc1cccc(C(O)C(O)CCBr)c1. The van der Waals surface area contributed by atoms with E-state index in [9.17, 15) is 15.0 Å². The Labute approximate surface area is 115 Å². The minimum absolute atomic E-state index is 0.158. The first-order valence-corrected chi connectivity index (χ1v) is 6.78. The fraction of sp³-hybridized carbons (Fsp3) is 0.462. The zero-order valence-corrected chi connectivity index (χ0v) is 11.8. The number of aliphatic hydroxyl groups excluding tert-OH is 2. The molecule has 0 amide bonds. The van der Waals surface area contributed by atoms with E-state index in [1.807, 2.05) is 0 Å². The quantitative estimate of drug-likeness (QED) is 0.617. The summed E-state index contributed by atoms with van der Waals surface area (Å²) in [5, 5.41) is 20.3. The Morgan fingerprint density at radius 3 is 2.78 bits per heavy atom. The lowest BCUT2D eigenvalue weighted by Crippen LogP contribution is -2.18. The van der Waals surface area contributed by atoms with E-state index < -0.39 is 12.2 Å². The van der Waals surface area contributed by atoms with Gasteiger partial charge in [-0.1, -0.05) is 40.2 Å². The Hall–Kier alpha value is -0.910. The summed E-state index contributed by atoms with van der Waals surface area (Å²) in [6.45, 7) is 0.